The normalized spacial score (nSPS) is 10.3. The Morgan fingerprint density at radius 3 is 2.28 bits per heavy atom. The fraction of sp³-hybridized carbons (Fsp3) is 0.200. The van der Waals surface area contributed by atoms with Crippen molar-refractivity contribution in [1.82, 2.24) is 9.97 Å². The maximum absolute atomic E-state index is 11.8. The van der Waals surface area contributed by atoms with Crippen LogP contribution in [0, 0.1) is 24.0 Å². The van der Waals surface area contributed by atoms with E-state index in [1.807, 2.05) is 32.0 Å². The van der Waals surface area contributed by atoms with Crippen LogP contribution in [0.4, 0.5) is 28.7 Å². The molecule has 150 valence electrons. The van der Waals surface area contributed by atoms with Crippen LogP contribution in [0.15, 0.2) is 42.7 Å². The molecule has 0 aliphatic carbocycles. The first-order valence-electron chi connectivity index (χ1n) is 8.76. The summed E-state index contributed by atoms with van der Waals surface area (Å²) in [5.74, 6) is 1.17. The molecule has 0 spiro atoms. The smallest absolute Gasteiger partial charge is 0.353 e. The van der Waals surface area contributed by atoms with Crippen LogP contribution in [0.2, 0.25) is 0 Å². The molecule has 1 heterocycles. The topological polar surface area (TPSA) is 111 Å². The van der Waals surface area contributed by atoms with Crippen molar-refractivity contribution in [3.8, 4) is 11.5 Å². The molecular weight excluding hydrogens is 374 g/mol. The molecule has 2 N–H and O–H groups in total. The Hall–Kier alpha value is -3.88. The molecule has 0 saturated heterocycles. The number of anilines is 4. The van der Waals surface area contributed by atoms with Gasteiger partial charge in [-0.25, -0.2) is 9.97 Å². The fourth-order valence-electron chi connectivity index (χ4n) is 2.79. The molecule has 2 aromatic carbocycles. The molecular formula is C20H21N5O4. The van der Waals surface area contributed by atoms with Crippen molar-refractivity contribution in [3.63, 3.8) is 0 Å². The summed E-state index contributed by atoms with van der Waals surface area (Å²) in [6.07, 6.45) is 1.26. The summed E-state index contributed by atoms with van der Waals surface area (Å²) < 4.78 is 10.5. The molecule has 0 atom stereocenters. The third kappa shape index (κ3) is 4.18. The molecule has 3 rings (SSSR count). The number of benzene rings is 2. The SMILES string of the molecule is COc1ccc(OC)c(Nc2ncnc(Nc3cccc(C)c3C)c2[N+](=O)[O-])c1. The zero-order chi connectivity index (χ0) is 21.0. The summed E-state index contributed by atoms with van der Waals surface area (Å²) in [5.41, 5.74) is 2.97. The van der Waals surface area contributed by atoms with Gasteiger partial charge in [-0.15, -0.1) is 0 Å². The highest BCUT2D eigenvalue weighted by Gasteiger charge is 2.24. The number of aryl methyl sites for hydroxylation is 1. The number of nitrogens with one attached hydrogen (secondary N) is 2. The number of ether oxygens (including phenoxy) is 2. The summed E-state index contributed by atoms with van der Waals surface area (Å²) >= 11 is 0. The first-order chi connectivity index (χ1) is 13.9. The molecule has 1 aromatic heterocycles. The van der Waals surface area contributed by atoms with Gasteiger partial charge in [-0.05, 0) is 43.2 Å². The van der Waals surface area contributed by atoms with E-state index in [-0.39, 0.29) is 17.3 Å². The second kappa shape index (κ2) is 8.42. The molecule has 0 aliphatic heterocycles. The third-order valence-electron chi connectivity index (χ3n) is 4.52. The molecule has 9 nitrogen and oxygen atoms in total. The van der Waals surface area contributed by atoms with Crippen LogP contribution in [0.25, 0.3) is 0 Å². The molecule has 0 bridgehead atoms. The van der Waals surface area contributed by atoms with Crippen molar-refractivity contribution >= 4 is 28.7 Å². The molecule has 3 aromatic rings. The lowest BCUT2D eigenvalue weighted by atomic mass is 10.1. The van der Waals surface area contributed by atoms with Crippen LogP contribution < -0.4 is 20.1 Å². The summed E-state index contributed by atoms with van der Waals surface area (Å²) in [6.45, 7) is 3.90. The summed E-state index contributed by atoms with van der Waals surface area (Å²) in [5, 5.41) is 17.9. The number of aromatic nitrogens is 2. The minimum absolute atomic E-state index is 0.0318. The average molecular weight is 395 g/mol. The number of hydrogen-bond donors (Lipinski definition) is 2. The lowest BCUT2D eigenvalue weighted by Crippen LogP contribution is -2.07. The van der Waals surface area contributed by atoms with Gasteiger partial charge in [0.25, 0.3) is 0 Å². The minimum Gasteiger partial charge on any atom is -0.497 e. The van der Waals surface area contributed by atoms with Gasteiger partial charge in [0.2, 0.25) is 11.6 Å². The molecule has 0 aliphatic rings. The predicted octanol–water partition coefficient (Wildman–Crippen LogP) is 4.51. The summed E-state index contributed by atoms with van der Waals surface area (Å²) in [6, 6.07) is 10.8. The Balaban J connectivity index is 2.04. The lowest BCUT2D eigenvalue weighted by molar-refractivity contribution is -0.383. The number of methoxy groups -OCH3 is 2. The van der Waals surface area contributed by atoms with E-state index in [0.29, 0.717) is 17.2 Å². The Labute approximate surface area is 167 Å². The Bertz CT molecular complexity index is 1060. The van der Waals surface area contributed by atoms with Crippen LogP contribution in [0.5, 0.6) is 11.5 Å². The number of rotatable bonds is 7. The van der Waals surface area contributed by atoms with Gasteiger partial charge in [-0.1, -0.05) is 12.1 Å². The van der Waals surface area contributed by atoms with E-state index in [9.17, 15) is 10.1 Å². The summed E-state index contributed by atoms with van der Waals surface area (Å²) in [4.78, 5) is 19.5. The number of nitrogens with zero attached hydrogens (tertiary/aromatic N) is 3. The van der Waals surface area contributed by atoms with Gasteiger partial charge < -0.3 is 20.1 Å². The van der Waals surface area contributed by atoms with Crippen LogP contribution in [0.3, 0.4) is 0 Å². The molecule has 0 unspecified atom stereocenters. The zero-order valence-corrected chi connectivity index (χ0v) is 16.5. The third-order valence-corrected chi connectivity index (χ3v) is 4.52. The largest absolute Gasteiger partial charge is 0.497 e. The molecule has 0 amide bonds. The van der Waals surface area contributed by atoms with E-state index in [1.165, 1.54) is 20.5 Å². The predicted molar refractivity (Wildman–Crippen MR) is 111 cm³/mol. The molecule has 0 radical (unpaired) electrons. The van der Waals surface area contributed by atoms with Crippen LogP contribution in [0.1, 0.15) is 11.1 Å². The first-order valence-corrected chi connectivity index (χ1v) is 8.76. The van der Waals surface area contributed by atoms with Crippen LogP contribution in [-0.2, 0) is 0 Å². The van der Waals surface area contributed by atoms with Gasteiger partial charge in [0, 0.05) is 11.8 Å². The number of hydrogen-bond acceptors (Lipinski definition) is 8. The van der Waals surface area contributed by atoms with Gasteiger partial charge in [0.1, 0.15) is 17.8 Å². The molecule has 0 saturated carbocycles. The van der Waals surface area contributed by atoms with Gasteiger partial charge in [-0.3, -0.25) is 10.1 Å². The van der Waals surface area contributed by atoms with Crippen molar-refractivity contribution in [3.05, 3.63) is 64.0 Å². The van der Waals surface area contributed by atoms with Gasteiger partial charge in [0.05, 0.1) is 24.8 Å². The molecule has 0 fully saturated rings. The van der Waals surface area contributed by atoms with Gasteiger partial charge in [-0.2, -0.15) is 0 Å². The minimum atomic E-state index is -0.525. The van der Waals surface area contributed by atoms with E-state index in [2.05, 4.69) is 20.6 Å². The second-order valence-corrected chi connectivity index (χ2v) is 6.24. The highest BCUT2D eigenvalue weighted by atomic mass is 16.6. The number of nitro groups is 1. The maximum Gasteiger partial charge on any atom is 0.353 e. The van der Waals surface area contributed by atoms with Crippen molar-refractivity contribution in [2.75, 3.05) is 24.9 Å². The standard InChI is InChI=1S/C20H21N5O4/c1-12-6-5-7-15(13(12)2)23-19-18(25(26)27)20(22-11-21-19)24-16-10-14(28-3)8-9-17(16)29-4/h5-11H,1-4H3,(H2,21,22,23,24). The van der Waals surface area contributed by atoms with E-state index < -0.39 is 4.92 Å². The Kier molecular flexibility index (Phi) is 5.77. The van der Waals surface area contributed by atoms with Gasteiger partial charge >= 0.3 is 5.69 Å². The van der Waals surface area contributed by atoms with Crippen LogP contribution >= 0.6 is 0 Å². The monoisotopic (exact) mass is 395 g/mol. The highest BCUT2D eigenvalue weighted by molar-refractivity contribution is 5.79. The lowest BCUT2D eigenvalue weighted by Gasteiger charge is -2.14. The zero-order valence-electron chi connectivity index (χ0n) is 16.5. The maximum atomic E-state index is 11.8. The Morgan fingerprint density at radius 1 is 0.966 bits per heavy atom. The van der Waals surface area contributed by atoms with E-state index in [1.54, 1.807) is 18.2 Å². The van der Waals surface area contributed by atoms with Crippen molar-refractivity contribution in [2.45, 2.75) is 13.8 Å². The van der Waals surface area contributed by atoms with Crippen molar-refractivity contribution in [1.29, 1.82) is 0 Å². The second-order valence-electron chi connectivity index (χ2n) is 6.24. The fourth-order valence-corrected chi connectivity index (χ4v) is 2.79. The van der Waals surface area contributed by atoms with Crippen LogP contribution in [-0.4, -0.2) is 29.1 Å². The van der Waals surface area contributed by atoms with Crippen molar-refractivity contribution in [2.24, 2.45) is 0 Å². The first kappa shape index (κ1) is 19.9. The van der Waals surface area contributed by atoms with Crippen molar-refractivity contribution < 1.29 is 14.4 Å². The quantitative estimate of drug-likeness (QED) is 0.444. The average Bonchev–Trinajstić information content (AvgIpc) is 2.71. The van der Waals surface area contributed by atoms with E-state index in [4.69, 9.17) is 9.47 Å². The van der Waals surface area contributed by atoms with Gasteiger partial charge in [0.15, 0.2) is 0 Å². The molecule has 9 heteroatoms. The summed E-state index contributed by atoms with van der Waals surface area (Å²) in [7, 11) is 3.04. The van der Waals surface area contributed by atoms with E-state index >= 15 is 0 Å². The highest BCUT2D eigenvalue weighted by Crippen LogP contribution is 2.37. The molecule has 29 heavy (non-hydrogen) atoms. The Morgan fingerprint density at radius 2 is 1.66 bits per heavy atom. The van der Waals surface area contributed by atoms with E-state index in [0.717, 1.165) is 16.8 Å².